The molecule has 0 saturated carbocycles. The van der Waals surface area contributed by atoms with Crippen molar-refractivity contribution < 1.29 is 14.6 Å². The van der Waals surface area contributed by atoms with Crippen LogP contribution in [-0.4, -0.2) is 37.5 Å². The van der Waals surface area contributed by atoms with Crippen LogP contribution in [-0.2, 0) is 12.0 Å². The van der Waals surface area contributed by atoms with Crippen LogP contribution in [0.25, 0.3) is 0 Å². The maximum atomic E-state index is 10.6. The van der Waals surface area contributed by atoms with E-state index in [1.165, 1.54) is 16.9 Å². The molecule has 1 aliphatic heterocycles. The van der Waals surface area contributed by atoms with Gasteiger partial charge in [0.05, 0.1) is 6.54 Å². The molecule has 6 nitrogen and oxygen atoms in total. The highest BCUT2D eigenvalue weighted by molar-refractivity contribution is 14.0. The Kier molecular flexibility index (Phi) is 8.18. The largest absolute Gasteiger partial charge is 0.454 e. The van der Waals surface area contributed by atoms with Crippen LogP contribution in [0, 0.1) is 0 Å². The van der Waals surface area contributed by atoms with E-state index in [0.717, 1.165) is 35.9 Å². The van der Waals surface area contributed by atoms with Crippen molar-refractivity contribution in [1.82, 2.24) is 10.6 Å². The number of ether oxygens (including phenoxy) is 2. The minimum absolute atomic E-state index is 0. The average molecular weight is 503 g/mol. The summed E-state index contributed by atoms with van der Waals surface area (Å²) in [5.74, 6) is 2.30. The number of rotatable bonds is 7. The first-order valence-corrected chi connectivity index (χ1v) is 9.63. The molecule has 0 radical (unpaired) electrons. The third kappa shape index (κ3) is 5.98. The highest BCUT2D eigenvalue weighted by Gasteiger charge is 2.24. The SMILES string of the molecule is CCNC(=NCC(C)(O)c1cccs1)NCCc1ccc2c(c1)OCO2.I. The molecule has 3 N–H and O–H groups in total. The van der Waals surface area contributed by atoms with Crippen molar-refractivity contribution in [1.29, 1.82) is 0 Å². The standard InChI is InChI=1S/C19H25N3O3S.HI/c1-3-20-18(22-12-19(2,23)17-5-4-10-26-17)21-9-8-14-6-7-15-16(11-14)25-13-24-15;/h4-7,10-11,23H,3,8-9,12-13H2,1-2H3,(H2,20,21,22);1H. The van der Waals surface area contributed by atoms with E-state index in [9.17, 15) is 5.11 Å². The number of fused-ring (bicyclic) bond motifs is 1. The molecule has 1 aromatic carbocycles. The third-order valence-electron chi connectivity index (χ3n) is 4.08. The zero-order chi connectivity index (χ0) is 18.4. The zero-order valence-corrected chi connectivity index (χ0v) is 18.7. The van der Waals surface area contributed by atoms with Gasteiger partial charge < -0.3 is 25.2 Å². The number of aliphatic imine (C=N–C) groups is 1. The zero-order valence-electron chi connectivity index (χ0n) is 15.5. The van der Waals surface area contributed by atoms with Gasteiger partial charge in [-0.25, -0.2) is 4.99 Å². The van der Waals surface area contributed by atoms with E-state index >= 15 is 0 Å². The Labute approximate surface area is 181 Å². The number of hydrogen-bond acceptors (Lipinski definition) is 5. The Morgan fingerprint density at radius 1 is 1.26 bits per heavy atom. The van der Waals surface area contributed by atoms with Gasteiger partial charge in [0, 0.05) is 18.0 Å². The van der Waals surface area contributed by atoms with Crippen molar-refractivity contribution in [3.63, 3.8) is 0 Å². The molecule has 8 heteroatoms. The normalized spacial score (nSPS) is 15.0. The van der Waals surface area contributed by atoms with E-state index in [1.807, 2.05) is 42.6 Å². The van der Waals surface area contributed by atoms with Crippen LogP contribution >= 0.6 is 35.3 Å². The molecule has 27 heavy (non-hydrogen) atoms. The quantitative estimate of drug-likeness (QED) is 0.308. The second-order valence-corrected chi connectivity index (χ2v) is 7.26. The van der Waals surface area contributed by atoms with Gasteiger partial charge in [-0.15, -0.1) is 35.3 Å². The van der Waals surface area contributed by atoms with Crippen molar-refractivity contribution in [2.45, 2.75) is 25.9 Å². The smallest absolute Gasteiger partial charge is 0.231 e. The van der Waals surface area contributed by atoms with Crippen molar-refractivity contribution in [3.05, 3.63) is 46.2 Å². The molecule has 1 atom stereocenters. The first kappa shape index (κ1) is 21.8. The van der Waals surface area contributed by atoms with E-state index in [4.69, 9.17) is 9.47 Å². The maximum absolute atomic E-state index is 10.6. The van der Waals surface area contributed by atoms with Crippen molar-refractivity contribution in [3.8, 4) is 11.5 Å². The molecule has 0 amide bonds. The number of guanidine groups is 1. The van der Waals surface area contributed by atoms with Crippen LogP contribution < -0.4 is 20.1 Å². The van der Waals surface area contributed by atoms with Gasteiger partial charge in [-0.3, -0.25) is 0 Å². The van der Waals surface area contributed by atoms with E-state index in [-0.39, 0.29) is 24.0 Å². The Morgan fingerprint density at radius 3 is 2.81 bits per heavy atom. The second-order valence-electron chi connectivity index (χ2n) is 6.31. The van der Waals surface area contributed by atoms with Gasteiger partial charge in [-0.05, 0) is 49.4 Å². The van der Waals surface area contributed by atoms with Crippen LogP contribution in [0.4, 0.5) is 0 Å². The molecule has 3 rings (SSSR count). The molecule has 0 bridgehead atoms. The lowest BCUT2D eigenvalue weighted by molar-refractivity contribution is 0.0711. The number of hydrogen-bond donors (Lipinski definition) is 3. The predicted molar refractivity (Wildman–Crippen MR) is 120 cm³/mol. The number of benzene rings is 1. The molecule has 0 saturated heterocycles. The summed E-state index contributed by atoms with van der Waals surface area (Å²) in [5, 5.41) is 19.1. The monoisotopic (exact) mass is 503 g/mol. The second kappa shape index (κ2) is 10.1. The highest BCUT2D eigenvalue weighted by atomic mass is 127. The van der Waals surface area contributed by atoms with Gasteiger partial charge in [0.15, 0.2) is 17.5 Å². The first-order chi connectivity index (χ1) is 12.6. The molecule has 0 aliphatic carbocycles. The maximum Gasteiger partial charge on any atom is 0.231 e. The summed E-state index contributed by atoms with van der Waals surface area (Å²) < 4.78 is 10.7. The third-order valence-corrected chi connectivity index (χ3v) is 5.21. The van der Waals surface area contributed by atoms with Crippen molar-refractivity contribution >= 4 is 41.3 Å². The topological polar surface area (TPSA) is 75.1 Å². The fourth-order valence-corrected chi connectivity index (χ4v) is 3.44. The minimum atomic E-state index is -0.964. The summed E-state index contributed by atoms with van der Waals surface area (Å²) in [4.78, 5) is 5.45. The Hall–Kier alpha value is -1.52. The molecule has 2 heterocycles. The summed E-state index contributed by atoms with van der Waals surface area (Å²) in [5.41, 5.74) is 0.205. The molecule has 148 valence electrons. The van der Waals surface area contributed by atoms with Gasteiger partial charge in [-0.2, -0.15) is 0 Å². The summed E-state index contributed by atoms with van der Waals surface area (Å²) >= 11 is 1.54. The van der Waals surface area contributed by atoms with E-state index in [0.29, 0.717) is 19.3 Å². The van der Waals surface area contributed by atoms with Gasteiger partial charge in [0.1, 0.15) is 5.60 Å². The number of nitrogens with one attached hydrogen (secondary N) is 2. The van der Waals surface area contributed by atoms with Crippen molar-refractivity contribution in [2.24, 2.45) is 4.99 Å². The summed E-state index contributed by atoms with van der Waals surface area (Å²) in [7, 11) is 0. The highest BCUT2D eigenvalue weighted by Crippen LogP contribution is 2.32. The molecule has 1 unspecified atom stereocenters. The molecule has 0 spiro atoms. The van der Waals surface area contributed by atoms with Crippen LogP contribution in [0.15, 0.2) is 40.7 Å². The molecule has 2 aromatic rings. The minimum Gasteiger partial charge on any atom is -0.454 e. The van der Waals surface area contributed by atoms with E-state index in [1.54, 1.807) is 6.92 Å². The molecular formula is C19H26IN3O3S. The molecular weight excluding hydrogens is 477 g/mol. The lowest BCUT2D eigenvalue weighted by atomic mass is 10.1. The van der Waals surface area contributed by atoms with Crippen LogP contribution in [0.3, 0.4) is 0 Å². The fourth-order valence-electron chi connectivity index (χ4n) is 2.66. The molecule has 1 aromatic heterocycles. The van der Waals surface area contributed by atoms with Crippen molar-refractivity contribution in [2.75, 3.05) is 26.4 Å². The summed E-state index contributed by atoms with van der Waals surface area (Å²) in [6.07, 6.45) is 0.836. The Bertz CT molecular complexity index is 751. The Morgan fingerprint density at radius 2 is 2.07 bits per heavy atom. The average Bonchev–Trinajstić information content (AvgIpc) is 3.31. The number of aliphatic hydroxyl groups is 1. The number of thiophene rings is 1. The van der Waals surface area contributed by atoms with Crippen LogP contribution in [0.5, 0.6) is 11.5 Å². The number of nitrogens with zero attached hydrogens (tertiary/aromatic N) is 1. The lowest BCUT2D eigenvalue weighted by Crippen LogP contribution is -2.39. The predicted octanol–water partition coefficient (Wildman–Crippen LogP) is 3.10. The summed E-state index contributed by atoms with van der Waals surface area (Å²) in [6, 6.07) is 9.86. The van der Waals surface area contributed by atoms with Gasteiger partial charge in [0.25, 0.3) is 0 Å². The fraction of sp³-hybridized carbons (Fsp3) is 0.421. The van der Waals surface area contributed by atoms with E-state index < -0.39 is 5.60 Å². The molecule has 1 aliphatic rings. The summed E-state index contributed by atoms with van der Waals surface area (Å²) in [6.45, 7) is 5.89. The van der Waals surface area contributed by atoms with Crippen LogP contribution in [0.2, 0.25) is 0 Å². The first-order valence-electron chi connectivity index (χ1n) is 8.75. The Balaban J connectivity index is 0.00000261. The van der Waals surface area contributed by atoms with Gasteiger partial charge in [0.2, 0.25) is 6.79 Å². The number of halogens is 1. The van der Waals surface area contributed by atoms with E-state index in [2.05, 4.69) is 15.6 Å². The molecule has 0 fully saturated rings. The van der Waals surface area contributed by atoms with Gasteiger partial charge >= 0.3 is 0 Å². The van der Waals surface area contributed by atoms with Crippen LogP contribution in [0.1, 0.15) is 24.3 Å². The van der Waals surface area contributed by atoms with Gasteiger partial charge in [-0.1, -0.05) is 12.1 Å². The lowest BCUT2D eigenvalue weighted by Gasteiger charge is -2.20.